The average molecular weight is 638 g/mol. The van der Waals surface area contributed by atoms with Crippen molar-refractivity contribution in [3.63, 3.8) is 0 Å². The van der Waals surface area contributed by atoms with E-state index in [0.29, 0.717) is 32.2 Å². The lowest BCUT2D eigenvalue weighted by atomic mass is 9.80. The fraction of sp³-hybridized carbons (Fsp3) is 0.409. The predicted molar refractivity (Wildman–Crippen MR) is 135 cm³/mol. The van der Waals surface area contributed by atoms with Gasteiger partial charge in [0, 0.05) is 11.0 Å². The van der Waals surface area contributed by atoms with Gasteiger partial charge >= 0.3 is 6.03 Å². The Balaban J connectivity index is 1.85. The molecule has 0 aliphatic carbocycles. The van der Waals surface area contributed by atoms with Crippen LogP contribution in [0.15, 0.2) is 53.0 Å². The van der Waals surface area contributed by atoms with Gasteiger partial charge in [0.25, 0.3) is 0 Å². The summed E-state index contributed by atoms with van der Waals surface area (Å²) in [6.07, 6.45) is 2.18. The summed E-state index contributed by atoms with van der Waals surface area (Å²) in [5.74, 6) is -0.445. The topological polar surface area (TPSA) is 83.7 Å². The quantitative estimate of drug-likeness (QED) is 0.236. The van der Waals surface area contributed by atoms with E-state index in [9.17, 15) is 17.6 Å². The number of urea groups is 1. The van der Waals surface area contributed by atoms with Crippen LogP contribution in [0.5, 0.6) is 0 Å². The number of halogens is 3. The third-order valence-corrected chi connectivity index (χ3v) is 8.75. The molecule has 0 aromatic heterocycles. The number of primary sulfonamides is 1. The number of rotatable bonds is 8. The number of carbonyl (C=O) groups is 1. The van der Waals surface area contributed by atoms with Gasteiger partial charge < -0.3 is 4.90 Å². The van der Waals surface area contributed by atoms with Gasteiger partial charge in [-0.25, -0.2) is 22.7 Å². The molecular weight excluding hydrogens is 612 g/mol. The lowest BCUT2D eigenvalue weighted by molar-refractivity contribution is 0.0817. The van der Waals surface area contributed by atoms with Gasteiger partial charge in [-0.15, -0.1) is 0 Å². The van der Waals surface area contributed by atoms with Gasteiger partial charge in [-0.2, -0.15) is 0 Å². The number of sulfonamides is 1. The van der Waals surface area contributed by atoms with E-state index in [1.54, 1.807) is 15.2 Å². The fourth-order valence-electron chi connectivity index (χ4n) is 4.18. The predicted octanol–water partition coefficient (Wildman–Crippen LogP) is 5.48. The number of nitrogens with two attached hydrogens (primary N) is 1. The van der Waals surface area contributed by atoms with Crippen molar-refractivity contribution < 1.29 is 17.6 Å². The van der Waals surface area contributed by atoms with Crippen LogP contribution in [0.2, 0.25) is 0 Å². The minimum absolute atomic E-state index is 0.103. The van der Waals surface area contributed by atoms with E-state index in [0.717, 1.165) is 15.6 Å². The maximum Gasteiger partial charge on any atom is 0.330 e. The van der Waals surface area contributed by atoms with E-state index in [2.05, 4.69) is 15.9 Å². The summed E-state index contributed by atoms with van der Waals surface area (Å²) in [6, 6.07) is 13.9. The van der Waals surface area contributed by atoms with E-state index in [4.69, 9.17) is 5.14 Å². The second kappa shape index (κ2) is 10.4. The van der Waals surface area contributed by atoms with Gasteiger partial charge in [0.2, 0.25) is 10.0 Å². The SMILES string of the molecule is C[C@@H](c1ccc(Br)cc1)N1CCC(CCCCS(N)(=O)=O)(c2ccc(F)cc2)N(I)C1=O. The van der Waals surface area contributed by atoms with Crippen LogP contribution < -0.4 is 5.14 Å². The second-order valence-electron chi connectivity index (χ2n) is 8.10. The van der Waals surface area contributed by atoms with Gasteiger partial charge in [0.15, 0.2) is 0 Å². The minimum atomic E-state index is -3.54. The third kappa shape index (κ3) is 5.81. The number of benzene rings is 2. The van der Waals surface area contributed by atoms with Crippen LogP contribution >= 0.6 is 38.8 Å². The number of carbonyl (C=O) groups excluding carboxylic acids is 1. The van der Waals surface area contributed by atoms with E-state index < -0.39 is 15.6 Å². The molecule has 1 unspecified atom stereocenters. The lowest BCUT2D eigenvalue weighted by Gasteiger charge is -2.49. The Morgan fingerprint density at radius 2 is 1.78 bits per heavy atom. The lowest BCUT2D eigenvalue weighted by Crippen LogP contribution is -2.56. The molecule has 0 spiro atoms. The molecule has 32 heavy (non-hydrogen) atoms. The van der Waals surface area contributed by atoms with Crippen molar-refractivity contribution in [2.75, 3.05) is 12.3 Å². The second-order valence-corrected chi connectivity index (χ2v) is 11.7. The molecule has 0 saturated carbocycles. The molecular formula is C22H26BrFIN3O3S. The van der Waals surface area contributed by atoms with Crippen LogP contribution in [-0.2, 0) is 15.6 Å². The zero-order valence-electron chi connectivity index (χ0n) is 17.7. The highest BCUT2D eigenvalue weighted by molar-refractivity contribution is 14.1. The van der Waals surface area contributed by atoms with Crippen LogP contribution in [0.4, 0.5) is 9.18 Å². The van der Waals surface area contributed by atoms with E-state index in [-0.39, 0.29) is 23.6 Å². The third-order valence-electron chi connectivity index (χ3n) is 6.03. The Morgan fingerprint density at radius 3 is 2.38 bits per heavy atom. The molecule has 3 rings (SSSR count). The number of hydrogen-bond acceptors (Lipinski definition) is 3. The number of nitrogens with zero attached hydrogens (tertiary/aromatic N) is 2. The van der Waals surface area contributed by atoms with Crippen molar-refractivity contribution in [2.45, 2.75) is 44.2 Å². The van der Waals surface area contributed by atoms with Crippen LogP contribution in [0.25, 0.3) is 0 Å². The Hall–Kier alpha value is -1.24. The molecule has 2 N–H and O–H groups in total. The molecule has 2 aromatic carbocycles. The largest absolute Gasteiger partial charge is 0.330 e. The maximum atomic E-state index is 13.6. The summed E-state index contributed by atoms with van der Waals surface area (Å²) < 4.78 is 38.9. The highest BCUT2D eigenvalue weighted by Crippen LogP contribution is 2.45. The summed E-state index contributed by atoms with van der Waals surface area (Å²) in [5.41, 5.74) is 1.22. The number of unbranched alkanes of at least 4 members (excludes halogenated alkanes) is 1. The van der Waals surface area contributed by atoms with Crippen molar-refractivity contribution in [1.82, 2.24) is 8.01 Å². The standard InChI is InChI=1S/C22H26BrFIN3O3S/c1-16(17-4-8-19(23)9-5-17)27-14-13-22(28(25)21(27)29,12-2-3-15-32(26,30)31)18-6-10-20(24)11-7-18/h4-11,16H,2-3,12-15H2,1H3,(H2,26,30,31)/t16-,22?/m0/s1. The smallest absolute Gasteiger partial charge is 0.317 e. The molecule has 0 radical (unpaired) electrons. The average Bonchev–Trinajstić information content (AvgIpc) is 2.74. The molecule has 1 aliphatic rings. The van der Waals surface area contributed by atoms with Gasteiger partial charge in [-0.1, -0.05) is 40.2 Å². The molecule has 1 fully saturated rings. The zero-order chi connectivity index (χ0) is 23.5. The minimum Gasteiger partial charge on any atom is -0.317 e. The molecule has 6 nitrogen and oxygen atoms in total. The summed E-state index contributed by atoms with van der Waals surface area (Å²) in [6.45, 7) is 2.53. The molecule has 2 atom stereocenters. The molecule has 1 saturated heterocycles. The molecule has 2 amide bonds. The van der Waals surface area contributed by atoms with Gasteiger partial charge in [0.05, 0.1) is 40.2 Å². The summed E-state index contributed by atoms with van der Waals surface area (Å²) in [5, 5.41) is 5.14. The van der Waals surface area contributed by atoms with Gasteiger partial charge in [0.1, 0.15) is 5.82 Å². The van der Waals surface area contributed by atoms with Crippen molar-refractivity contribution in [1.29, 1.82) is 0 Å². The van der Waals surface area contributed by atoms with Crippen LogP contribution in [0, 0.1) is 5.82 Å². The molecule has 10 heteroatoms. The Labute approximate surface area is 211 Å². The number of amides is 2. The molecule has 1 aliphatic heterocycles. The van der Waals surface area contributed by atoms with Crippen molar-refractivity contribution in [3.05, 3.63) is 69.9 Å². The molecule has 174 valence electrons. The normalized spacial score (nSPS) is 20.5. The fourth-order valence-corrected chi connectivity index (χ4v) is 6.09. The van der Waals surface area contributed by atoms with E-state index >= 15 is 0 Å². The van der Waals surface area contributed by atoms with E-state index in [1.807, 2.05) is 59.0 Å². The Morgan fingerprint density at radius 1 is 1.16 bits per heavy atom. The summed E-state index contributed by atoms with van der Waals surface area (Å²) >= 11 is 5.49. The Kier molecular flexibility index (Phi) is 8.21. The monoisotopic (exact) mass is 637 g/mol. The first-order valence-corrected chi connectivity index (χ1v) is 13.8. The first-order chi connectivity index (χ1) is 15.0. The van der Waals surface area contributed by atoms with Crippen molar-refractivity contribution in [2.24, 2.45) is 5.14 Å². The first kappa shape index (κ1) is 25.4. The van der Waals surface area contributed by atoms with Crippen LogP contribution in [0.1, 0.15) is 49.8 Å². The van der Waals surface area contributed by atoms with Gasteiger partial charge in [-0.3, -0.25) is 3.11 Å². The highest BCUT2D eigenvalue weighted by Gasteiger charge is 2.46. The van der Waals surface area contributed by atoms with Crippen molar-refractivity contribution >= 4 is 54.8 Å². The molecule has 0 bridgehead atoms. The zero-order valence-corrected chi connectivity index (χ0v) is 22.2. The number of hydrogen-bond donors (Lipinski definition) is 1. The van der Waals surface area contributed by atoms with Crippen molar-refractivity contribution in [3.8, 4) is 0 Å². The molecule has 1 heterocycles. The Bertz CT molecular complexity index is 1050. The van der Waals surface area contributed by atoms with Crippen LogP contribution in [0.3, 0.4) is 0 Å². The summed E-state index contributed by atoms with van der Waals surface area (Å²) in [4.78, 5) is 15.3. The summed E-state index contributed by atoms with van der Waals surface area (Å²) in [7, 11) is -3.54. The highest BCUT2D eigenvalue weighted by atomic mass is 127. The maximum absolute atomic E-state index is 13.6. The molecule has 2 aromatic rings. The first-order valence-electron chi connectivity index (χ1n) is 10.3. The van der Waals surface area contributed by atoms with Gasteiger partial charge in [-0.05, 0) is 68.0 Å². The van der Waals surface area contributed by atoms with Crippen LogP contribution in [-0.4, -0.2) is 34.8 Å². The van der Waals surface area contributed by atoms with E-state index in [1.165, 1.54) is 12.1 Å².